The highest BCUT2D eigenvalue weighted by molar-refractivity contribution is 6.35. The van der Waals surface area contributed by atoms with E-state index in [1.807, 2.05) is 0 Å². The minimum atomic E-state index is -1.03. The summed E-state index contributed by atoms with van der Waals surface area (Å²) in [7, 11) is 0. The number of benzene rings is 2. The number of aromatic carboxylic acids is 1. The molecule has 3 rings (SSSR count). The van der Waals surface area contributed by atoms with E-state index in [1.54, 1.807) is 36.4 Å². The number of hydrogen-bond donors (Lipinski definition) is 2. The van der Waals surface area contributed by atoms with Crippen LogP contribution in [0.3, 0.4) is 0 Å². The first-order valence-electron chi connectivity index (χ1n) is 6.21. The zero-order chi connectivity index (χ0) is 15.0. The minimum absolute atomic E-state index is 0.146. The first kappa shape index (κ1) is 13.4. The largest absolute Gasteiger partial charge is 0.478 e. The van der Waals surface area contributed by atoms with Crippen LogP contribution in [0.1, 0.15) is 21.5 Å². The maximum absolute atomic E-state index is 12.0. The van der Waals surface area contributed by atoms with Crippen molar-refractivity contribution in [3.63, 3.8) is 0 Å². The first-order chi connectivity index (χ1) is 10.0. The number of carboxylic acids is 1. The molecule has 0 aliphatic carbocycles. The number of fused-ring (bicyclic) bond motifs is 1. The molecule has 0 atom stereocenters. The van der Waals surface area contributed by atoms with Crippen molar-refractivity contribution < 1.29 is 14.7 Å². The van der Waals surface area contributed by atoms with Gasteiger partial charge < -0.3 is 10.4 Å². The molecule has 0 radical (unpaired) electrons. The summed E-state index contributed by atoms with van der Waals surface area (Å²) >= 11 is 5.83. The van der Waals surface area contributed by atoms with Crippen molar-refractivity contribution in [3.05, 3.63) is 64.2 Å². The van der Waals surface area contributed by atoms with Gasteiger partial charge in [-0.3, -0.25) is 4.79 Å². The van der Waals surface area contributed by atoms with E-state index in [2.05, 4.69) is 5.32 Å². The van der Waals surface area contributed by atoms with Crippen LogP contribution < -0.4 is 5.32 Å². The van der Waals surface area contributed by atoms with E-state index >= 15 is 0 Å². The molecule has 0 bridgehead atoms. The summed E-state index contributed by atoms with van der Waals surface area (Å²) in [5.74, 6) is -1.27. The molecule has 1 amide bonds. The quantitative estimate of drug-likeness (QED) is 0.834. The summed E-state index contributed by atoms with van der Waals surface area (Å²) in [4.78, 5) is 23.1. The summed E-state index contributed by atoms with van der Waals surface area (Å²) in [5.41, 5.74) is 2.61. The van der Waals surface area contributed by atoms with Gasteiger partial charge in [-0.05, 0) is 42.0 Å². The Labute approximate surface area is 125 Å². The number of hydrogen-bond acceptors (Lipinski definition) is 2. The number of rotatable bonds is 2. The Bertz CT molecular complexity index is 779. The second-order valence-electron chi connectivity index (χ2n) is 4.63. The molecule has 1 aliphatic rings. The molecule has 2 aromatic rings. The Kier molecular flexibility index (Phi) is 3.23. The van der Waals surface area contributed by atoms with E-state index < -0.39 is 5.97 Å². The van der Waals surface area contributed by atoms with E-state index in [9.17, 15) is 9.59 Å². The van der Waals surface area contributed by atoms with Crippen LogP contribution in [-0.4, -0.2) is 17.0 Å². The number of carbonyl (C=O) groups excluding carboxylic acids is 1. The Morgan fingerprint density at radius 3 is 2.52 bits per heavy atom. The third kappa shape index (κ3) is 2.53. The predicted octanol–water partition coefficient (Wildman–Crippen LogP) is 3.53. The molecule has 1 heterocycles. The van der Waals surface area contributed by atoms with Crippen molar-refractivity contribution in [3.8, 4) is 0 Å². The van der Waals surface area contributed by atoms with Crippen LogP contribution in [0.5, 0.6) is 0 Å². The zero-order valence-corrected chi connectivity index (χ0v) is 11.5. The third-order valence-electron chi connectivity index (χ3n) is 3.23. The molecule has 0 unspecified atom stereocenters. The SMILES string of the molecule is O=C1Nc2ccc(C(=O)O)cc2/C1=C/c1ccc(Cl)cc1. The van der Waals surface area contributed by atoms with Crippen molar-refractivity contribution in [1.29, 1.82) is 0 Å². The molecule has 21 heavy (non-hydrogen) atoms. The van der Waals surface area contributed by atoms with Crippen LogP contribution >= 0.6 is 11.6 Å². The highest BCUT2D eigenvalue weighted by atomic mass is 35.5. The fraction of sp³-hybridized carbons (Fsp3) is 0. The van der Waals surface area contributed by atoms with E-state index in [0.717, 1.165) is 5.56 Å². The molecule has 4 nitrogen and oxygen atoms in total. The van der Waals surface area contributed by atoms with Crippen LogP contribution in [0.2, 0.25) is 5.02 Å². The number of nitrogens with one attached hydrogen (secondary N) is 1. The van der Waals surface area contributed by atoms with Gasteiger partial charge in [0.25, 0.3) is 5.91 Å². The molecule has 5 heteroatoms. The third-order valence-corrected chi connectivity index (χ3v) is 3.48. The molecule has 0 spiro atoms. The van der Waals surface area contributed by atoms with Gasteiger partial charge in [0.15, 0.2) is 0 Å². The van der Waals surface area contributed by atoms with E-state index in [0.29, 0.717) is 21.8 Å². The molecule has 0 fully saturated rings. The Balaban J connectivity index is 2.09. The standard InChI is InChI=1S/C16H10ClNO3/c17-11-4-1-9(2-5-11)7-13-12-8-10(16(20)21)3-6-14(12)18-15(13)19/h1-8H,(H,18,19)(H,20,21)/b13-7-. The average molecular weight is 300 g/mol. The Hall–Kier alpha value is -2.59. The second kappa shape index (κ2) is 5.07. The predicted molar refractivity (Wildman–Crippen MR) is 81.4 cm³/mol. The smallest absolute Gasteiger partial charge is 0.335 e. The van der Waals surface area contributed by atoms with Gasteiger partial charge in [-0.1, -0.05) is 23.7 Å². The van der Waals surface area contributed by atoms with Crippen LogP contribution in [0, 0.1) is 0 Å². The van der Waals surface area contributed by atoms with Crippen molar-refractivity contribution in [2.24, 2.45) is 0 Å². The van der Waals surface area contributed by atoms with Crippen molar-refractivity contribution in [2.45, 2.75) is 0 Å². The molecular formula is C16H10ClNO3. The molecule has 2 aromatic carbocycles. The molecule has 0 saturated heterocycles. The molecule has 0 saturated carbocycles. The summed E-state index contributed by atoms with van der Waals surface area (Å²) in [6, 6.07) is 11.6. The minimum Gasteiger partial charge on any atom is -0.478 e. The number of anilines is 1. The molecule has 2 N–H and O–H groups in total. The fourth-order valence-corrected chi connectivity index (χ4v) is 2.32. The van der Waals surface area contributed by atoms with Gasteiger partial charge in [0.05, 0.1) is 5.56 Å². The Morgan fingerprint density at radius 2 is 1.86 bits per heavy atom. The normalized spacial score (nSPS) is 14.9. The lowest BCUT2D eigenvalue weighted by molar-refractivity contribution is -0.110. The lowest BCUT2D eigenvalue weighted by Gasteiger charge is -2.01. The number of carbonyl (C=O) groups is 2. The second-order valence-corrected chi connectivity index (χ2v) is 5.07. The summed E-state index contributed by atoms with van der Waals surface area (Å²) in [6.45, 7) is 0. The summed E-state index contributed by atoms with van der Waals surface area (Å²) in [6.07, 6.45) is 1.71. The maximum atomic E-state index is 12.0. The summed E-state index contributed by atoms with van der Waals surface area (Å²) < 4.78 is 0. The van der Waals surface area contributed by atoms with Gasteiger partial charge in [0, 0.05) is 21.8 Å². The number of amides is 1. The van der Waals surface area contributed by atoms with E-state index in [-0.39, 0.29) is 11.5 Å². The fourth-order valence-electron chi connectivity index (χ4n) is 2.19. The van der Waals surface area contributed by atoms with Gasteiger partial charge in [0.1, 0.15) is 0 Å². The topological polar surface area (TPSA) is 66.4 Å². The molecule has 1 aliphatic heterocycles. The van der Waals surface area contributed by atoms with Gasteiger partial charge in [-0.15, -0.1) is 0 Å². The van der Waals surface area contributed by atoms with Gasteiger partial charge in [0.2, 0.25) is 0 Å². The number of carboxylic acid groups (broad SMARTS) is 1. The lowest BCUT2D eigenvalue weighted by Crippen LogP contribution is -2.03. The van der Waals surface area contributed by atoms with Crippen LogP contribution in [0.15, 0.2) is 42.5 Å². The van der Waals surface area contributed by atoms with Crippen LogP contribution in [0.25, 0.3) is 11.6 Å². The van der Waals surface area contributed by atoms with Crippen molar-refractivity contribution >= 4 is 40.8 Å². The lowest BCUT2D eigenvalue weighted by atomic mass is 10.0. The summed E-state index contributed by atoms with van der Waals surface area (Å²) in [5, 5.41) is 12.4. The molecular weight excluding hydrogens is 290 g/mol. The van der Waals surface area contributed by atoms with Gasteiger partial charge in [-0.2, -0.15) is 0 Å². The highest BCUT2D eigenvalue weighted by Crippen LogP contribution is 2.33. The van der Waals surface area contributed by atoms with Crippen LogP contribution in [-0.2, 0) is 4.79 Å². The van der Waals surface area contributed by atoms with Crippen LogP contribution in [0.4, 0.5) is 5.69 Å². The van der Waals surface area contributed by atoms with E-state index in [4.69, 9.17) is 16.7 Å². The Morgan fingerprint density at radius 1 is 1.14 bits per heavy atom. The van der Waals surface area contributed by atoms with Gasteiger partial charge in [-0.25, -0.2) is 4.79 Å². The average Bonchev–Trinajstić information content (AvgIpc) is 2.77. The van der Waals surface area contributed by atoms with Crippen molar-refractivity contribution in [2.75, 3.05) is 5.32 Å². The number of halogens is 1. The molecule has 0 aromatic heterocycles. The zero-order valence-electron chi connectivity index (χ0n) is 10.8. The monoisotopic (exact) mass is 299 g/mol. The maximum Gasteiger partial charge on any atom is 0.335 e. The van der Waals surface area contributed by atoms with Crippen molar-refractivity contribution in [1.82, 2.24) is 0 Å². The first-order valence-corrected chi connectivity index (χ1v) is 6.59. The van der Waals surface area contributed by atoms with Gasteiger partial charge >= 0.3 is 5.97 Å². The molecule has 104 valence electrons. The highest BCUT2D eigenvalue weighted by Gasteiger charge is 2.25. The van der Waals surface area contributed by atoms with E-state index in [1.165, 1.54) is 12.1 Å².